The molecule has 20 heavy (non-hydrogen) atoms. The summed E-state index contributed by atoms with van der Waals surface area (Å²) in [7, 11) is 0. The molecule has 0 heterocycles. The van der Waals surface area contributed by atoms with Crippen molar-refractivity contribution in [3.8, 4) is 0 Å². The van der Waals surface area contributed by atoms with Crippen molar-refractivity contribution in [2.24, 2.45) is 22.2 Å². The van der Waals surface area contributed by atoms with Crippen LogP contribution in [-0.4, -0.2) is 48.0 Å². The summed E-state index contributed by atoms with van der Waals surface area (Å²) < 4.78 is 0. The van der Waals surface area contributed by atoms with E-state index in [9.17, 15) is 4.79 Å². The van der Waals surface area contributed by atoms with Gasteiger partial charge < -0.3 is 21.2 Å². The maximum absolute atomic E-state index is 12.3. The molecule has 0 atom stereocenters. The summed E-state index contributed by atoms with van der Waals surface area (Å²) in [5, 5.41) is 14.8. The van der Waals surface area contributed by atoms with Crippen LogP contribution in [0, 0.1) is 11.3 Å². The molecular formula is C14H28N4O2. The zero-order valence-electron chi connectivity index (χ0n) is 12.9. The van der Waals surface area contributed by atoms with Crippen LogP contribution in [0.1, 0.15) is 40.0 Å². The van der Waals surface area contributed by atoms with Crippen LogP contribution in [0.15, 0.2) is 5.16 Å². The van der Waals surface area contributed by atoms with Crippen LogP contribution < -0.4 is 11.1 Å². The Morgan fingerprint density at radius 2 is 2.10 bits per heavy atom. The van der Waals surface area contributed by atoms with E-state index in [0.717, 1.165) is 26.1 Å². The highest BCUT2D eigenvalue weighted by Crippen LogP contribution is 2.45. The van der Waals surface area contributed by atoms with Gasteiger partial charge in [-0.3, -0.25) is 4.79 Å². The number of likely N-dealkylation sites (N-methyl/N-ethyl adjacent to an activating group) is 1. The van der Waals surface area contributed by atoms with Gasteiger partial charge in [0, 0.05) is 13.1 Å². The lowest BCUT2D eigenvalue weighted by Crippen LogP contribution is -2.57. The lowest BCUT2D eigenvalue weighted by atomic mass is 9.61. The number of amides is 1. The monoisotopic (exact) mass is 284 g/mol. The molecule has 1 saturated carbocycles. The Morgan fingerprint density at radius 3 is 2.55 bits per heavy atom. The van der Waals surface area contributed by atoms with E-state index >= 15 is 0 Å². The van der Waals surface area contributed by atoms with Gasteiger partial charge in [0.1, 0.15) is 5.41 Å². The third kappa shape index (κ3) is 3.62. The predicted molar refractivity (Wildman–Crippen MR) is 79.7 cm³/mol. The Bertz CT molecular complexity index is 351. The number of carbonyl (C=O) groups excluding carboxylic acids is 1. The summed E-state index contributed by atoms with van der Waals surface area (Å²) in [6.07, 6.45) is 2.41. The molecule has 4 N–H and O–H groups in total. The van der Waals surface area contributed by atoms with Gasteiger partial charge in [-0.05, 0) is 38.3 Å². The molecule has 0 unspecified atom stereocenters. The first-order chi connectivity index (χ1) is 9.50. The van der Waals surface area contributed by atoms with Gasteiger partial charge in [-0.15, -0.1) is 0 Å². The number of hydrogen-bond donors (Lipinski definition) is 3. The molecule has 1 amide bonds. The molecule has 0 saturated heterocycles. The van der Waals surface area contributed by atoms with Crippen LogP contribution in [-0.2, 0) is 4.79 Å². The number of carbonyl (C=O) groups is 1. The maximum Gasteiger partial charge on any atom is 0.234 e. The zero-order chi connectivity index (χ0) is 15.2. The third-order valence-electron chi connectivity index (χ3n) is 4.13. The molecule has 0 radical (unpaired) electrons. The minimum atomic E-state index is -0.796. The molecule has 0 aromatic heterocycles. The molecule has 0 aliphatic heterocycles. The molecule has 1 aliphatic rings. The van der Waals surface area contributed by atoms with Gasteiger partial charge in [-0.2, -0.15) is 0 Å². The number of oxime groups is 1. The highest BCUT2D eigenvalue weighted by molar-refractivity contribution is 6.07. The molecule has 1 rings (SSSR count). The second kappa shape index (κ2) is 7.47. The van der Waals surface area contributed by atoms with E-state index < -0.39 is 5.41 Å². The minimum absolute atomic E-state index is 0.0361. The molecule has 1 aliphatic carbocycles. The number of rotatable bonds is 8. The fourth-order valence-corrected chi connectivity index (χ4v) is 2.98. The van der Waals surface area contributed by atoms with E-state index in [1.54, 1.807) is 0 Å². The number of nitrogens with one attached hydrogen (secondary N) is 1. The Hall–Kier alpha value is -1.30. The first-order valence-electron chi connectivity index (χ1n) is 7.48. The summed E-state index contributed by atoms with van der Waals surface area (Å²) in [4.78, 5) is 14.6. The van der Waals surface area contributed by atoms with Crippen molar-refractivity contribution in [1.82, 2.24) is 10.2 Å². The SMILES string of the molecule is CCCN(CC)CCNC(=O)C1(C(N)=NO)CC(C)C1. The van der Waals surface area contributed by atoms with Gasteiger partial charge in [0.25, 0.3) is 0 Å². The van der Waals surface area contributed by atoms with Crippen LogP contribution >= 0.6 is 0 Å². The molecule has 0 spiro atoms. The summed E-state index contributed by atoms with van der Waals surface area (Å²) in [5.41, 5.74) is 4.91. The van der Waals surface area contributed by atoms with Crippen molar-refractivity contribution < 1.29 is 10.0 Å². The second-order valence-corrected chi connectivity index (χ2v) is 5.77. The van der Waals surface area contributed by atoms with E-state index in [4.69, 9.17) is 10.9 Å². The Morgan fingerprint density at radius 1 is 1.45 bits per heavy atom. The van der Waals surface area contributed by atoms with E-state index in [2.05, 4.69) is 36.1 Å². The predicted octanol–water partition coefficient (Wildman–Crippen LogP) is 0.997. The van der Waals surface area contributed by atoms with Gasteiger partial charge in [0.05, 0.1) is 0 Å². The quantitative estimate of drug-likeness (QED) is 0.268. The molecule has 116 valence electrons. The van der Waals surface area contributed by atoms with Crippen LogP contribution in [0.3, 0.4) is 0 Å². The van der Waals surface area contributed by atoms with Gasteiger partial charge in [-0.1, -0.05) is 25.9 Å². The fraction of sp³-hybridized carbons (Fsp3) is 0.857. The highest BCUT2D eigenvalue weighted by Gasteiger charge is 2.51. The summed E-state index contributed by atoms with van der Waals surface area (Å²) in [5.74, 6) is 0.362. The number of nitrogens with two attached hydrogens (primary N) is 1. The van der Waals surface area contributed by atoms with Crippen molar-refractivity contribution >= 4 is 11.7 Å². The molecule has 1 fully saturated rings. The molecule has 0 bridgehead atoms. The normalized spacial score (nSPS) is 26.4. The molecule has 0 aromatic rings. The van der Waals surface area contributed by atoms with Crippen molar-refractivity contribution in [2.75, 3.05) is 26.2 Å². The van der Waals surface area contributed by atoms with Gasteiger partial charge >= 0.3 is 0 Å². The summed E-state index contributed by atoms with van der Waals surface area (Å²) in [6, 6.07) is 0. The smallest absolute Gasteiger partial charge is 0.234 e. The first-order valence-corrected chi connectivity index (χ1v) is 7.48. The van der Waals surface area contributed by atoms with E-state index in [0.29, 0.717) is 25.3 Å². The average Bonchev–Trinajstić information content (AvgIpc) is 2.41. The topological polar surface area (TPSA) is 91.0 Å². The average molecular weight is 284 g/mol. The first kappa shape index (κ1) is 16.8. The Balaban J connectivity index is 2.48. The minimum Gasteiger partial charge on any atom is -0.409 e. The van der Waals surface area contributed by atoms with Gasteiger partial charge in [-0.25, -0.2) is 0 Å². The molecule has 0 aromatic carbocycles. The van der Waals surface area contributed by atoms with Crippen LogP contribution in [0.5, 0.6) is 0 Å². The fourth-order valence-electron chi connectivity index (χ4n) is 2.98. The van der Waals surface area contributed by atoms with E-state index in [1.165, 1.54) is 0 Å². The molecule has 6 nitrogen and oxygen atoms in total. The number of nitrogens with zero attached hydrogens (tertiary/aromatic N) is 2. The molecular weight excluding hydrogens is 256 g/mol. The molecule has 6 heteroatoms. The van der Waals surface area contributed by atoms with Crippen molar-refractivity contribution in [3.63, 3.8) is 0 Å². The lowest BCUT2D eigenvalue weighted by molar-refractivity contribution is -0.133. The van der Waals surface area contributed by atoms with Crippen LogP contribution in [0.25, 0.3) is 0 Å². The largest absolute Gasteiger partial charge is 0.409 e. The van der Waals surface area contributed by atoms with Gasteiger partial charge in [0.15, 0.2) is 5.84 Å². The maximum atomic E-state index is 12.3. The van der Waals surface area contributed by atoms with E-state index in [1.807, 2.05) is 0 Å². The summed E-state index contributed by atoms with van der Waals surface area (Å²) in [6.45, 7) is 9.77. The van der Waals surface area contributed by atoms with E-state index in [-0.39, 0.29) is 11.7 Å². The van der Waals surface area contributed by atoms with Crippen molar-refractivity contribution in [3.05, 3.63) is 0 Å². The standard InChI is InChI=1S/C14H28N4O2/c1-4-7-18(5-2)8-6-16-13(19)14(12(15)17-20)9-11(3)10-14/h11,20H,4-10H2,1-3H3,(H2,15,17)(H,16,19). The number of hydrogen-bond acceptors (Lipinski definition) is 4. The third-order valence-corrected chi connectivity index (χ3v) is 4.13. The Labute approximate surface area is 121 Å². The summed E-state index contributed by atoms with van der Waals surface area (Å²) >= 11 is 0. The zero-order valence-corrected chi connectivity index (χ0v) is 12.9. The van der Waals surface area contributed by atoms with Crippen LogP contribution in [0.2, 0.25) is 0 Å². The second-order valence-electron chi connectivity index (χ2n) is 5.77. The highest BCUT2D eigenvalue weighted by atomic mass is 16.4. The van der Waals surface area contributed by atoms with Crippen molar-refractivity contribution in [2.45, 2.75) is 40.0 Å². The van der Waals surface area contributed by atoms with Crippen molar-refractivity contribution in [1.29, 1.82) is 0 Å². The van der Waals surface area contributed by atoms with Gasteiger partial charge in [0.2, 0.25) is 5.91 Å². The number of amidine groups is 1. The lowest BCUT2D eigenvalue weighted by Gasteiger charge is -2.43. The Kier molecular flexibility index (Phi) is 6.26. The van der Waals surface area contributed by atoms with Crippen LogP contribution in [0.4, 0.5) is 0 Å².